The van der Waals surface area contributed by atoms with E-state index in [9.17, 15) is 0 Å². The van der Waals surface area contributed by atoms with E-state index >= 15 is 0 Å². The predicted molar refractivity (Wildman–Crippen MR) is 104 cm³/mol. The van der Waals surface area contributed by atoms with E-state index in [1.807, 2.05) is 17.5 Å². The van der Waals surface area contributed by atoms with Gasteiger partial charge in [-0.15, -0.1) is 22.7 Å². The van der Waals surface area contributed by atoms with Gasteiger partial charge in [-0.3, -0.25) is 4.90 Å². The Bertz CT molecular complexity index is 675. The van der Waals surface area contributed by atoms with Gasteiger partial charge in [0.1, 0.15) is 10.0 Å². The van der Waals surface area contributed by atoms with Gasteiger partial charge in [0.2, 0.25) is 0 Å². The second kappa shape index (κ2) is 7.40. The molecule has 0 aromatic carbocycles. The van der Waals surface area contributed by atoms with Crippen LogP contribution in [-0.2, 0) is 19.6 Å². The first-order valence-electron chi connectivity index (χ1n) is 9.06. The largest absolute Gasteiger partial charge is 0.317 e. The fourth-order valence-electron chi connectivity index (χ4n) is 4.07. The summed E-state index contributed by atoms with van der Waals surface area (Å²) < 4.78 is 0. The van der Waals surface area contributed by atoms with E-state index in [0.29, 0.717) is 11.5 Å². The first-order chi connectivity index (χ1) is 12.1. The van der Waals surface area contributed by atoms with Gasteiger partial charge in [-0.05, 0) is 51.9 Å². The molecule has 1 saturated heterocycles. The topological polar surface area (TPSA) is 44.3 Å². The smallest absolute Gasteiger partial charge is 0.107 e. The Labute approximate surface area is 158 Å². The predicted octanol–water partition coefficient (Wildman–Crippen LogP) is 2.81. The molecule has 2 fully saturated rings. The van der Waals surface area contributed by atoms with Gasteiger partial charge < -0.3 is 10.2 Å². The molecule has 0 amide bonds. The van der Waals surface area contributed by atoms with Gasteiger partial charge >= 0.3 is 0 Å². The van der Waals surface area contributed by atoms with Crippen LogP contribution >= 0.6 is 22.7 Å². The summed E-state index contributed by atoms with van der Waals surface area (Å²) in [6.07, 6.45) is 7.94. The minimum atomic E-state index is 0.548. The lowest BCUT2D eigenvalue weighted by atomic mass is 9.93. The molecule has 25 heavy (non-hydrogen) atoms. The number of aromatic nitrogens is 2. The zero-order chi connectivity index (χ0) is 17.3. The zero-order valence-corrected chi connectivity index (χ0v) is 16.7. The third-order valence-corrected chi connectivity index (χ3v) is 7.15. The first-order valence-corrected chi connectivity index (χ1v) is 10.8. The summed E-state index contributed by atoms with van der Waals surface area (Å²) in [6, 6.07) is 0.694. The van der Waals surface area contributed by atoms with Crippen molar-refractivity contribution in [3.05, 3.63) is 32.7 Å². The fraction of sp³-hybridized carbons (Fsp3) is 0.667. The van der Waals surface area contributed by atoms with E-state index in [1.165, 1.54) is 47.2 Å². The molecule has 1 aliphatic heterocycles. The van der Waals surface area contributed by atoms with Crippen molar-refractivity contribution in [2.45, 2.75) is 44.9 Å². The molecule has 7 heteroatoms. The normalized spacial score (nSPS) is 22.2. The third kappa shape index (κ3) is 4.11. The monoisotopic (exact) mass is 377 g/mol. The van der Waals surface area contributed by atoms with Crippen LogP contribution in [0.3, 0.4) is 0 Å². The molecule has 5 nitrogen and oxygen atoms in total. The van der Waals surface area contributed by atoms with Gasteiger partial charge in [-0.25, -0.2) is 9.97 Å². The van der Waals surface area contributed by atoms with Crippen LogP contribution < -0.4 is 5.32 Å². The molecular weight excluding hydrogens is 350 g/mol. The summed E-state index contributed by atoms with van der Waals surface area (Å²) in [5.74, 6) is 0. The van der Waals surface area contributed by atoms with Gasteiger partial charge in [-0.1, -0.05) is 0 Å². The molecule has 1 N–H and O–H groups in total. The van der Waals surface area contributed by atoms with Crippen LogP contribution in [-0.4, -0.2) is 53.0 Å². The van der Waals surface area contributed by atoms with Crippen molar-refractivity contribution in [1.29, 1.82) is 0 Å². The van der Waals surface area contributed by atoms with Gasteiger partial charge in [-0.2, -0.15) is 0 Å². The van der Waals surface area contributed by atoms with Crippen LogP contribution in [0.2, 0.25) is 0 Å². The zero-order valence-electron chi connectivity index (χ0n) is 15.1. The molecule has 1 aliphatic carbocycles. The van der Waals surface area contributed by atoms with Crippen LogP contribution in [0, 0.1) is 5.41 Å². The summed E-state index contributed by atoms with van der Waals surface area (Å²) in [5, 5.41) is 8.06. The molecule has 2 aromatic rings. The fourth-order valence-corrected chi connectivity index (χ4v) is 5.77. The molecule has 1 spiro atoms. The maximum absolute atomic E-state index is 4.70. The lowest BCUT2D eigenvalue weighted by Crippen LogP contribution is -2.35. The minimum Gasteiger partial charge on any atom is -0.317 e. The maximum atomic E-state index is 4.70. The van der Waals surface area contributed by atoms with Crippen molar-refractivity contribution in [2.75, 3.05) is 27.2 Å². The Morgan fingerprint density at radius 3 is 2.68 bits per heavy atom. The number of thiazole rings is 2. The van der Waals surface area contributed by atoms with E-state index < -0.39 is 0 Å². The summed E-state index contributed by atoms with van der Waals surface area (Å²) in [5.41, 5.74) is 0.548. The Morgan fingerprint density at radius 1 is 1.16 bits per heavy atom. The van der Waals surface area contributed by atoms with E-state index in [2.05, 4.69) is 45.8 Å². The van der Waals surface area contributed by atoms with Crippen LogP contribution in [0.5, 0.6) is 0 Å². The maximum Gasteiger partial charge on any atom is 0.107 e. The summed E-state index contributed by atoms with van der Waals surface area (Å²) in [6.45, 7) is 5.23. The van der Waals surface area contributed by atoms with Crippen molar-refractivity contribution in [2.24, 2.45) is 5.41 Å². The van der Waals surface area contributed by atoms with Crippen molar-refractivity contribution < 1.29 is 0 Å². The summed E-state index contributed by atoms with van der Waals surface area (Å²) in [4.78, 5) is 15.4. The lowest BCUT2D eigenvalue weighted by molar-refractivity contribution is 0.187. The number of rotatable bonds is 7. The van der Waals surface area contributed by atoms with Gasteiger partial charge in [0, 0.05) is 35.2 Å². The standard InChI is InChI=1S/C18H27N5S2/c1-22(2)11-14-10-21-17(25-14)13-23(12-16-20-7-8-24-16)15-9-18(15)3-5-19-6-4-18/h7-8,10,15,19H,3-6,9,11-13H2,1-2H3. The van der Waals surface area contributed by atoms with Crippen molar-refractivity contribution in [3.63, 3.8) is 0 Å². The Balaban J connectivity index is 1.47. The van der Waals surface area contributed by atoms with Crippen LogP contribution in [0.1, 0.15) is 34.2 Å². The van der Waals surface area contributed by atoms with Crippen LogP contribution in [0.4, 0.5) is 0 Å². The van der Waals surface area contributed by atoms with E-state index in [1.54, 1.807) is 11.3 Å². The molecule has 0 radical (unpaired) electrons. The molecule has 0 bridgehead atoms. The highest BCUT2D eigenvalue weighted by atomic mass is 32.1. The number of hydrogen-bond acceptors (Lipinski definition) is 7. The average molecular weight is 378 g/mol. The SMILES string of the molecule is CN(C)Cc1cnc(CN(Cc2nccs2)C2CC23CCNCC3)s1. The minimum absolute atomic E-state index is 0.548. The average Bonchev–Trinajstić information content (AvgIpc) is 2.96. The van der Waals surface area contributed by atoms with Crippen molar-refractivity contribution in [3.8, 4) is 0 Å². The molecule has 2 aliphatic rings. The third-order valence-electron chi connectivity index (χ3n) is 5.42. The molecular formula is C18H27N5S2. The van der Waals surface area contributed by atoms with Crippen LogP contribution in [0.25, 0.3) is 0 Å². The Hall–Kier alpha value is -0.860. The quantitative estimate of drug-likeness (QED) is 0.804. The van der Waals surface area contributed by atoms with E-state index in [0.717, 1.165) is 19.6 Å². The number of nitrogens with one attached hydrogen (secondary N) is 1. The van der Waals surface area contributed by atoms with E-state index in [-0.39, 0.29) is 0 Å². The first kappa shape index (κ1) is 17.5. The van der Waals surface area contributed by atoms with Gasteiger partial charge in [0.25, 0.3) is 0 Å². The molecule has 136 valence electrons. The molecule has 1 saturated carbocycles. The van der Waals surface area contributed by atoms with Crippen molar-refractivity contribution >= 4 is 22.7 Å². The number of hydrogen-bond donors (Lipinski definition) is 1. The second-order valence-electron chi connectivity index (χ2n) is 7.62. The number of piperidine rings is 1. The molecule has 3 heterocycles. The number of nitrogens with zero attached hydrogens (tertiary/aromatic N) is 4. The molecule has 1 unspecified atom stereocenters. The highest BCUT2D eigenvalue weighted by molar-refractivity contribution is 7.11. The second-order valence-corrected chi connectivity index (χ2v) is 9.80. The molecule has 1 atom stereocenters. The summed E-state index contributed by atoms with van der Waals surface area (Å²) >= 11 is 3.63. The summed E-state index contributed by atoms with van der Waals surface area (Å²) in [7, 11) is 4.22. The molecule has 4 rings (SSSR count). The Morgan fingerprint density at radius 2 is 1.96 bits per heavy atom. The van der Waals surface area contributed by atoms with Gasteiger partial charge in [0.05, 0.1) is 13.1 Å². The highest BCUT2D eigenvalue weighted by Crippen LogP contribution is 2.56. The highest BCUT2D eigenvalue weighted by Gasteiger charge is 2.56. The van der Waals surface area contributed by atoms with E-state index in [4.69, 9.17) is 4.98 Å². The van der Waals surface area contributed by atoms with Gasteiger partial charge in [0.15, 0.2) is 0 Å². The lowest BCUT2D eigenvalue weighted by Gasteiger charge is -2.28. The van der Waals surface area contributed by atoms with Crippen LogP contribution in [0.15, 0.2) is 17.8 Å². The molecule has 2 aromatic heterocycles. The van der Waals surface area contributed by atoms with Crippen molar-refractivity contribution in [1.82, 2.24) is 25.1 Å². The Kier molecular flexibility index (Phi) is 5.20.